The van der Waals surface area contributed by atoms with Crippen molar-refractivity contribution in [3.8, 4) is 5.75 Å². The van der Waals surface area contributed by atoms with Gasteiger partial charge in [0.2, 0.25) is 0 Å². The summed E-state index contributed by atoms with van der Waals surface area (Å²) in [6, 6.07) is 9.77. The quantitative estimate of drug-likeness (QED) is 0.501. The van der Waals surface area contributed by atoms with Crippen LogP contribution in [0.3, 0.4) is 0 Å². The number of piperidine rings is 1. The van der Waals surface area contributed by atoms with Crippen LogP contribution >= 0.6 is 11.3 Å². The number of esters is 1. The molecule has 0 aliphatic carbocycles. The maximum Gasteiger partial charge on any atom is 0.312 e. The zero-order valence-corrected chi connectivity index (χ0v) is 18.5. The Bertz CT molecular complexity index is 974. The van der Waals surface area contributed by atoms with Gasteiger partial charge in [-0.05, 0) is 58.3 Å². The van der Waals surface area contributed by atoms with E-state index in [9.17, 15) is 4.79 Å². The van der Waals surface area contributed by atoms with Gasteiger partial charge in [-0.1, -0.05) is 18.2 Å². The fourth-order valence-electron chi connectivity index (χ4n) is 4.20. The number of benzene rings is 1. The first kappa shape index (κ1) is 20.9. The molecular formula is C23H29N3O3S. The van der Waals surface area contributed by atoms with Gasteiger partial charge in [0.05, 0.1) is 30.0 Å². The van der Waals surface area contributed by atoms with Crippen LogP contribution in [-0.2, 0) is 16.1 Å². The van der Waals surface area contributed by atoms with Gasteiger partial charge in [-0.25, -0.2) is 4.98 Å². The maximum absolute atomic E-state index is 12.9. The van der Waals surface area contributed by atoms with Crippen LogP contribution in [0.2, 0.25) is 0 Å². The van der Waals surface area contributed by atoms with Crippen molar-refractivity contribution in [3.05, 3.63) is 53.3 Å². The Hall–Kier alpha value is -2.38. The van der Waals surface area contributed by atoms with Crippen LogP contribution in [0.4, 0.5) is 0 Å². The number of ether oxygens (including phenoxy) is 2. The lowest BCUT2D eigenvalue weighted by atomic mass is 9.75. The van der Waals surface area contributed by atoms with Crippen molar-refractivity contribution in [2.45, 2.75) is 39.7 Å². The van der Waals surface area contributed by atoms with Gasteiger partial charge < -0.3 is 9.47 Å². The first-order chi connectivity index (χ1) is 14.6. The molecule has 0 atom stereocenters. The molecule has 1 aliphatic heterocycles. The van der Waals surface area contributed by atoms with Gasteiger partial charge in [-0.2, -0.15) is 0 Å². The standard InChI is InChI=1S/C23H29N3O3S/c1-3-28-21(27)23(11-15-29-19-7-5-4-6-8-19)9-12-25(13-10-23)17-20-18(2)24-22-26(20)14-16-30-22/h4-8,14,16H,3,9-13,15,17H2,1-2H3. The number of imidazole rings is 1. The van der Waals surface area contributed by atoms with Crippen LogP contribution in [0, 0.1) is 12.3 Å². The number of hydrogen-bond acceptors (Lipinski definition) is 6. The van der Waals surface area contributed by atoms with Crippen LogP contribution < -0.4 is 4.74 Å². The SMILES string of the molecule is CCOC(=O)C1(CCOc2ccccc2)CCN(Cc2c(C)nc3sccn23)CC1. The molecule has 7 heteroatoms. The molecule has 160 valence electrons. The lowest BCUT2D eigenvalue weighted by Gasteiger charge is -2.39. The highest BCUT2D eigenvalue weighted by molar-refractivity contribution is 7.15. The molecule has 0 saturated carbocycles. The van der Waals surface area contributed by atoms with Crippen molar-refractivity contribution in [1.29, 1.82) is 0 Å². The third-order valence-electron chi connectivity index (χ3n) is 6.05. The van der Waals surface area contributed by atoms with Gasteiger partial charge in [0, 0.05) is 18.1 Å². The van der Waals surface area contributed by atoms with Crippen molar-refractivity contribution in [2.24, 2.45) is 5.41 Å². The van der Waals surface area contributed by atoms with E-state index in [0.29, 0.717) is 19.6 Å². The zero-order valence-electron chi connectivity index (χ0n) is 17.7. The Morgan fingerprint density at radius 2 is 2.00 bits per heavy atom. The lowest BCUT2D eigenvalue weighted by Crippen LogP contribution is -2.45. The number of carbonyl (C=O) groups excluding carboxylic acids is 1. The van der Waals surface area contributed by atoms with Crippen molar-refractivity contribution in [2.75, 3.05) is 26.3 Å². The summed E-state index contributed by atoms with van der Waals surface area (Å²) in [7, 11) is 0. The highest BCUT2D eigenvalue weighted by Gasteiger charge is 2.42. The molecule has 6 nitrogen and oxygen atoms in total. The average molecular weight is 428 g/mol. The van der Waals surface area contributed by atoms with Gasteiger partial charge in [0.25, 0.3) is 0 Å². The minimum Gasteiger partial charge on any atom is -0.494 e. The van der Waals surface area contributed by atoms with Crippen LogP contribution in [0.15, 0.2) is 41.9 Å². The van der Waals surface area contributed by atoms with E-state index >= 15 is 0 Å². The number of nitrogens with zero attached hydrogens (tertiary/aromatic N) is 3. The monoisotopic (exact) mass is 427 g/mol. The smallest absolute Gasteiger partial charge is 0.312 e. The van der Waals surface area contributed by atoms with Gasteiger partial charge >= 0.3 is 5.97 Å². The number of aromatic nitrogens is 2. The van der Waals surface area contributed by atoms with E-state index in [1.165, 1.54) is 5.69 Å². The molecule has 1 aromatic carbocycles. The minimum absolute atomic E-state index is 0.0814. The van der Waals surface area contributed by atoms with Crippen molar-refractivity contribution < 1.29 is 14.3 Å². The van der Waals surface area contributed by atoms with E-state index in [4.69, 9.17) is 9.47 Å². The fourth-order valence-corrected chi connectivity index (χ4v) is 4.98. The van der Waals surface area contributed by atoms with Crippen molar-refractivity contribution in [3.63, 3.8) is 0 Å². The molecule has 0 radical (unpaired) electrons. The third-order valence-corrected chi connectivity index (χ3v) is 6.81. The summed E-state index contributed by atoms with van der Waals surface area (Å²) >= 11 is 1.66. The van der Waals surface area contributed by atoms with Crippen LogP contribution in [-0.4, -0.2) is 46.6 Å². The summed E-state index contributed by atoms with van der Waals surface area (Å²) in [6.07, 6.45) is 4.33. The van der Waals surface area contributed by atoms with Crippen LogP contribution in [0.1, 0.15) is 37.6 Å². The summed E-state index contributed by atoms with van der Waals surface area (Å²) in [5.41, 5.74) is 1.86. The Kier molecular flexibility index (Phi) is 6.39. The normalized spacial score (nSPS) is 16.6. The van der Waals surface area contributed by atoms with E-state index in [1.807, 2.05) is 37.3 Å². The molecule has 0 spiro atoms. The molecule has 1 saturated heterocycles. The molecule has 0 bridgehead atoms. The molecule has 0 N–H and O–H groups in total. The molecule has 30 heavy (non-hydrogen) atoms. The predicted molar refractivity (Wildman–Crippen MR) is 118 cm³/mol. The molecule has 0 unspecified atom stereocenters. The number of aryl methyl sites for hydroxylation is 1. The summed E-state index contributed by atoms with van der Waals surface area (Å²) in [6.45, 7) is 7.44. The first-order valence-corrected chi connectivity index (χ1v) is 11.5. The largest absolute Gasteiger partial charge is 0.494 e. The van der Waals surface area contributed by atoms with E-state index in [-0.39, 0.29) is 5.97 Å². The summed E-state index contributed by atoms with van der Waals surface area (Å²) in [5.74, 6) is 0.756. The number of fused-ring (bicyclic) bond motifs is 1. The molecule has 0 amide bonds. The second-order valence-electron chi connectivity index (χ2n) is 7.89. The number of para-hydroxylation sites is 1. The van der Waals surface area contributed by atoms with Gasteiger partial charge in [-0.3, -0.25) is 14.1 Å². The van der Waals surface area contributed by atoms with E-state index in [0.717, 1.165) is 48.9 Å². The number of carbonyl (C=O) groups is 1. The van der Waals surface area contributed by atoms with E-state index in [2.05, 4.69) is 32.8 Å². The molecule has 1 aliphatic rings. The molecule has 2 aromatic heterocycles. The molecular weight excluding hydrogens is 398 g/mol. The summed E-state index contributed by atoms with van der Waals surface area (Å²) in [5, 5.41) is 2.07. The topological polar surface area (TPSA) is 56.1 Å². The molecule has 1 fully saturated rings. The number of rotatable bonds is 8. The van der Waals surface area contributed by atoms with Gasteiger partial charge in [0.15, 0.2) is 4.96 Å². The molecule has 4 rings (SSSR count). The predicted octanol–water partition coefficient (Wildman–Crippen LogP) is 4.32. The maximum atomic E-state index is 12.9. The minimum atomic E-state index is -0.467. The highest BCUT2D eigenvalue weighted by atomic mass is 32.1. The fraction of sp³-hybridized carbons (Fsp3) is 0.478. The number of likely N-dealkylation sites (tertiary alicyclic amines) is 1. The highest BCUT2D eigenvalue weighted by Crippen LogP contribution is 2.37. The van der Waals surface area contributed by atoms with Gasteiger partial charge in [0.1, 0.15) is 5.75 Å². The van der Waals surface area contributed by atoms with E-state index < -0.39 is 5.41 Å². The molecule has 3 heterocycles. The van der Waals surface area contributed by atoms with E-state index in [1.54, 1.807) is 11.3 Å². The Labute approximate surface area is 181 Å². The Balaban J connectivity index is 1.40. The Morgan fingerprint density at radius 3 is 2.73 bits per heavy atom. The average Bonchev–Trinajstić information content (AvgIpc) is 3.32. The second-order valence-corrected chi connectivity index (χ2v) is 8.76. The summed E-state index contributed by atoms with van der Waals surface area (Å²) < 4.78 is 13.5. The van der Waals surface area contributed by atoms with Crippen LogP contribution in [0.5, 0.6) is 5.75 Å². The van der Waals surface area contributed by atoms with Crippen molar-refractivity contribution >= 4 is 22.3 Å². The van der Waals surface area contributed by atoms with Crippen LogP contribution in [0.25, 0.3) is 4.96 Å². The zero-order chi connectivity index (χ0) is 21.0. The summed E-state index contributed by atoms with van der Waals surface area (Å²) in [4.78, 5) is 21.0. The van der Waals surface area contributed by atoms with Gasteiger partial charge in [-0.15, -0.1) is 11.3 Å². The molecule has 3 aromatic rings. The second kappa shape index (κ2) is 9.18. The number of hydrogen-bond donors (Lipinski definition) is 0. The lowest BCUT2D eigenvalue weighted by molar-refractivity contribution is -0.159. The number of thiazole rings is 1. The van der Waals surface area contributed by atoms with Crippen molar-refractivity contribution in [1.82, 2.24) is 14.3 Å². The first-order valence-electron chi connectivity index (χ1n) is 10.6. The third kappa shape index (κ3) is 4.37. The Morgan fingerprint density at radius 1 is 1.23 bits per heavy atom.